The van der Waals surface area contributed by atoms with Gasteiger partial charge in [-0.05, 0) is 39.0 Å². The zero-order valence-corrected chi connectivity index (χ0v) is 11.3. The van der Waals surface area contributed by atoms with Gasteiger partial charge >= 0.3 is 0 Å². The van der Waals surface area contributed by atoms with Crippen molar-refractivity contribution in [3.63, 3.8) is 0 Å². The Morgan fingerprint density at radius 3 is 2.50 bits per heavy atom. The molecule has 2 aliphatic carbocycles. The second-order valence-corrected chi connectivity index (χ2v) is 6.20. The van der Waals surface area contributed by atoms with Crippen LogP contribution >= 0.6 is 0 Å². The fourth-order valence-corrected chi connectivity index (χ4v) is 3.05. The SMILES string of the molecule is CCOC1CC(NC(C)C2CCC2)C1(C)C. The Bertz CT molecular complexity index is 235. The van der Waals surface area contributed by atoms with Crippen LogP contribution in [0.2, 0.25) is 0 Å². The molecule has 0 bridgehead atoms. The Hall–Kier alpha value is -0.0800. The van der Waals surface area contributed by atoms with E-state index in [2.05, 4.69) is 33.0 Å². The van der Waals surface area contributed by atoms with Crippen molar-refractivity contribution in [2.75, 3.05) is 6.61 Å². The highest BCUT2D eigenvalue weighted by Gasteiger charge is 2.49. The first-order valence-electron chi connectivity index (χ1n) is 6.93. The molecule has 2 heteroatoms. The zero-order valence-electron chi connectivity index (χ0n) is 11.3. The van der Waals surface area contributed by atoms with Gasteiger partial charge in [-0.1, -0.05) is 20.3 Å². The van der Waals surface area contributed by atoms with E-state index in [-0.39, 0.29) is 0 Å². The van der Waals surface area contributed by atoms with Crippen molar-refractivity contribution in [2.45, 2.75) is 71.6 Å². The predicted octanol–water partition coefficient (Wildman–Crippen LogP) is 2.97. The smallest absolute Gasteiger partial charge is 0.0655 e. The van der Waals surface area contributed by atoms with Gasteiger partial charge in [0.25, 0.3) is 0 Å². The topological polar surface area (TPSA) is 21.3 Å². The van der Waals surface area contributed by atoms with Gasteiger partial charge in [-0.3, -0.25) is 0 Å². The van der Waals surface area contributed by atoms with E-state index in [0.29, 0.717) is 23.6 Å². The van der Waals surface area contributed by atoms with Crippen LogP contribution in [0.5, 0.6) is 0 Å². The molecule has 1 N–H and O–H groups in total. The zero-order chi connectivity index (χ0) is 11.8. The van der Waals surface area contributed by atoms with E-state index < -0.39 is 0 Å². The van der Waals surface area contributed by atoms with Crippen LogP contribution in [0.15, 0.2) is 0 Å². The second kappa shape index (κ2) is 4.66. The summed E-state index contributed by atoms with van der Waals surface area (Å²) in [4.78, 5) is 0. The molecule has 94 valence electrons. The van der Waals surface area contributed by atoms with Crippen LogP contribution in [0.25, 0.3) is 0 Å². The molecule has 0 heterocycles. The lowest BCUT2D eigenvalue weighted by Gasteiger charge is -2.53. The Kier molecular flexibility index (Phi) is 3.60. The first-order chi connectivity index (χ1) is 7.55. The van der Waals surface area contributed by atoms with Crippen LogP contribution in [0, 0.1) is 11.3 Å². The molecule has 0 amide bonds. The van der Waals surface area contributed by atoms with Crippen molar-refractivity contribution in [2.24, 2.45) is 11.3 Å². The Labute approximate surface area is 100 Å². The van der Waals surface area contributed by atoms with Gasteiger partial charge in [0.1, 0.15) is 0 Å². The molecule has 0 aromatic carbocycles. The lowest BCUT2D eigenvalue weighted by Crippen LogP contribution is -2.63. The molecule has 2 saturated carbocycles. The summed E-state index contributed by atoms with van der Waals surface area (Å²) in [6, 6.07) is 1.35. The summed E-state index contributed by atoms with van der Waals surface area (Å²) in [5.74, 6) is 0.932. The molecule has 0 aromatic rings. The van der Waals surface area contributed by atoms with Gasteiger partial charge in [-0.25, -0.2) is 0 Å². The summed E-state index contributed by atoms with van der Waals surface area (Å²) in [5.41, 5.74) is 0.314. The molecule has 2 fully saturated rings. The lowest BCUT2D eigenvalue weighted by molar-refractivity contribution is -0.118. The van der Waals surface area contributed by atoms with Crippen LogP contribution in [0.1, 0.15) is 53.4 Å². The van der Waals surface area contributed by atoms with Gasteiger partial charge in [0.05, 0.1) is 6.10 Å². The van der Waals surface area contributed by atoms with Crippen molar-refractivity contribution >= 4 is 0 Å². The third-order valence-electron chi connectivity index (χ3n) is 4.87. The largest absolute Gasteiger partial charge is 0.378 e. The van der Waals surface area contributed by atoms with Gasteiger partial charge in [0.2, 0.25) is 0 Å². The fourth-order valence-electron chi connectivity index (χ4n) is 3.05. The first kappa shape index (κ1) is 12.4. The highest BCUT2D eigenvalue weighted by molar-refractivity contribution is 5.04. The van der Waals surface area contributed by atoms with Crippen LogP contribution in [-0.4, -0.2) is 24.8 Å². The highest BCUT2D eigenvalue weighted by Crippen LogP contribution is 2.43. The second-order valence-electron chi connectivity index (χ2n) is 6.20. The van der Waals surface area contributed by atoms with E-state index in [4.69, 9.17) is 4.74 Å². The van der Waals surface area contributed by atoms with E-state index >= 15 is 0 Å². The van der Waals surface area contributed by atoms with E-state index in [1.807, 2.05) is 0 Å². The summed E-state index contributed by atoms with van der Waals surface area (Å²) < 4.78 is 5.77. The van der Waals surface area contributed by atoms with Crippen LogP contribution < -0.4 is 5.32 Å². The van der Waals surface area contributed by atoms with Gasteiger partial charge < -0.3 is 10.1 Å². The van der Waals surface area contributed by atoms with E-state index in [1.165, 1.54) is 25.7 Å². The Morgan fingerprint density at radius 2 is 2.06 bits per heavy atom. The molecule has 2 aliphatic rings. The molecule has 0 spiro atoms. The molecule has 2 nitrogen and oxygen atoms in total. The third-order valence-corrected chi connectivity index (χ3v) is 4.87. The molecule has 2 rings (SSSR count). The summed E-state index contributed by atoms with van der Waals surface area (Å²) in [6.45, 7) is 9.96. The van der Waals surface area contributed by atoms with Gasteiger partial charge in [0, 0.05) is 24.1 Å². The maximum Gasteiger partial charge on any atom is 0.0655 e. The first-order valence-corrected chi connectivity index (χ1v) is 6.93. The van der Waals surface area contributed by atoms with Crippen molar-refractivity contribution < 1.29 is 4.74 Å². The Balaban J connectivity index is 1.79. The monoisotopic (exact) mass is 225 g/mol. The van der Waals surface area contributed by atoms with Gasteiger partial charge in [-0.2, -0.15) is 0 Å². The van der Waals surface area contributed by atoms with E-state index in [0.717, 1.165) is 12.5 Å². The highest BCUT2D eigenvalue weighted by atomic mass is 16.5. The molecule has 16 heavy (non-hydrogen) atoms. The molecule has 0 saturated heterocycles. The van der Waals surface area contributed by atoms with Crippen molar-refractivity contribution in [1.29, 1.82) is 0 Å². The number of nitrogens with one attached hydrogen (secondary N) is 1. The molecule has 3 atom stereocenters. The summed E-state index contributed by atoms with van der Waals surface area (Å²) in [6.07, 6.45) is 5.94. The Morgan fingerprint density at radius 1 is 1.38 bits per heavy atom. The lowest BCUT2D eigenvalue weighted by atomic mass is 9.64. The average Bonchev–Trinajstić information content (AvgIpc) is 2.13. The quantitative estimate of drug-likeness (QED) is 0.776. The minimum absolute atomic E-state index is 0.314. The van der Waals surface area contributed by atoms with Gasteiger partial charge in [-0.15, -0.1) is 0 Å². The van der Waals surface area contributed by atoms with Crippen molar-refractivity contribution in [3.05, 3.63) is 0 Å². The molecule has 0 aromatic heterocycles. The standard InChI is InChI=1S/C14H27NO/c1-5-16-13-9-12(14(13,3)4)15-10(2)11-7-6-8-11/h10-13,15H,5-9H2,1-4H3. The van der Waals surface area contributed by atoms with E-state index in [1.54, 1.807) is 0 Å². The minimum atomic E-state index is 0.314. The number of hydrogen-bond donors (Lipinski definition) is 1. The maximum atomic E-state index is 5.77. The third kappa shape index (κ3) is 2.14. The summed E-state index contributed by atoms with van der Waals surface area (Å²) >= 11 is 0. The molecule has 3 unspecified atom stereocenters. The van der Waals surface area contributed by atoms with E-state index in [9.17, 15) is 0 Å². The minimum Gasteiger partial charge on any atom is -0.378 e. The van der Waals surface area contributed by atoms with Crippen molar-refractivity contribution in [1.82, 2.24) is 5.32 Å². The van der Waals surface area contributed by atoms with Crippen LogP contribution in [-0.2, 0) is 4.74 Å². The van der Waals surface area contributed by atoms with Crippen LogP contribution in [0.4, 0.5) is 0 Å². The molecular formula is C14H27NO. The summed E-state index contributed by atoms with van der Waals surface area (Å²) in [5, 5.41) is 3.82. The molecule has 0 radical (unpaired) electrons. The fraction of sp³-hybridized carbons (Fsp3) is 1.00. The molecule has 0 aliphatic heterocycles. The maximum absolute atomic E-state index is 5.77. The number of rotatable bonds is 5. The predicted molar refractivity (Wildman–Crippen MR) is 67.5 cm³/mol. The van der Waals surface area contributed by atoms with Crippen molar-refractivity contribution in [3.8, 4) is 0 Å². The molecular weight excluding hydrogens is 198 g/mol. The normalized spacial score (nSPS) is 35.2. The average molecular weight is 225 g/mol. The number of ether oxygens (including phenoxy) is 1. The summed E-state index contributed by atoms with van der Waals surface area (Å²) in [7, 11) is 0. The van der Waals surface area contributed by atoms with Crippen LogP contribution in [0.3, 0.4) is 0 Å². The number of hydrogen-bond acceptors (Lipinski definition) is 2. The van der Waals surface area contributed by atoms with Gasteiger partial charge in [0.15, 0.2) is 0 Å².